The van der Waals surface area contributed by atoms with Crippen molar-refractivity contribution in [3.63, 3.8) is 0 Å². The van der Waals surface area contributed by atoms with Crippen molar-refractivity contribution in [2.75, 3.05) is 27.2 Å². The standard InChI is InChI=1S/C14H21N3O2/c1-15-12-4-3-7-17(9-12)10-13-6-5-11(8-16-13)14(18)19-2/h5-6,8,12,15H,3-4,7,9-10H2,1-2H3. The Hall–Kier alpha value is -1.46. The highest BCUT2D eigenvalue weighted by atomic mass is 16.5. The molecule has 0 bridgehead atoms. The van der Waals surface area contributed by atoms with Crippen LogP contribution >= 0.6 is 0 Å². The first-order chi connectivity index (χ1) is 9.22. The molecule has 1 fully saturated rings. The van der Waals surface area contributed by atoms with E-state index in [1.54, 1.807) is 12.3 Å². The predicted octanol–water partition coefficient (Wildman–Crippen LogP) is 1.05. The average molecular weight is 263 g/mol. The molecule has 0 aliphatic carbocycles. The Labute approximate surface area is 114 Å². The van der Waals surface area contributed by atoms with Crippen LogP contribution in [0.1, 0.15) is 28.9 Å². The second-order valence-electron chi connectivity index (χ2n) is 4.89. The number of likely N-dealkylation sites (N-methyl/N-ethyl adjacent to an activating group) is 1. The molecule has 0 amide bonds. The van der Waals surface area contributed by atoms with Gasteiger partial charge in [-0.15, -0.1) is 0 Å². The number of aromatic nitrogens is 1. The molecule has 2 heterocycles. The summed E-state index contributed by atoms with van der Waals surface area (Å²) in [6.07, 6.45) is 4.04. The van der Waals surface area contributed by atoms with Crippen molar-refractivity contribution in [3.05, 3.63) is 29.6 Å². The first kappa shape index (κ1) is 14.0. The fourth-order valence-electron chi connectivity index (χ4n) is 2.42. The lowest BCUT2D eigenvalue weighted by atomic mass is 10.1. The summed E-state index contributed by atoms with van der Waals surface area (Å²) in [6.45, 7) is 3.00. The lowest BCUT2D eigenvalue weighted by Gasteiger charge is -2.32. The van der Waals surface area contributed by atoms with Gasteiger partial charge in [0.05, 0.1) is 18.4 Å². The number of nitrogens with zero attached hydrogens (tertiary/aromatic N) is 2. The molecule has 0 spiro atoms. The number of rotatable bonds is 4. The first-order valence-electron chi connectivity index (χ1n) is 6.66. The Bertz CT molecular complexity index is 419. The normalized spacial score (nSPS) is 20.2. The fraction of sp³-hybridized carbons (Fsp3) is 0.571. The molecule has 1 atom stereocenters. The zero-order chi connectivity index (χ0) is 13.7. The molecular formula is C14H21N3O2. The maximum absolute atomic E-state index is 11.3. The number of nitrogens with one attached hydrogen (secondary N) is 1. The van der Waals surface area contributed by atoms with Gasteiger partial charge in [0.2, 0.25) is 0 Å². The Morgan fingerprint density at radius 3 is 3.05 bits per heavy atom. The Morgan fingerprint density at radius 2 is 2.42 bits per heavy atom. The van der Waals surface area contributed by atoms with Crippen molar-refractivity contribution in [2.45, 2.75) is 25.4 Å². The van der Waals surface area contributed by atoms with Gasteiger partial charge in [-0.2, -0.15) is 0 Å². The molecular weight excluding hydrogens is 242 g/mol. The largest absolute Gasteiger partial charge is 0.465 e. The summed E-state index contributed by atoms with van der Waals surface area (Å²) in [5.41, 5.74) is 1.49. The molecule has 1 N–H and O–H groups in total. The number of esters is 1. The number of piperidine rings is 1. The molecule has 1 aliphatic heterocycles. The van der Waals surface area contributed by atoms with Crippen LogP contribution in [0.15, 0.2) is 18.3 Å². The smallest absolute Gasteiger partial charge is 0.339 e. The molecule has 5 nitrogen and oxygen atoms in total. The molecule has 0 saturated carbocycles. The van der Waals surface area contributed by atoms with Gasteiger partial charge in [0, 0.05) is 25.3 Å². The minimum atomic E-state index is -0.340. The maximum Gasteiger partial charge on any atom is 0.339 e. The highest BCUT2D eigenvalue weighted by molar-refractivity contribution is 5.88. The van der Waals surface area contributed by atoms with Crippen LogP contribution in [0.4, 0.5) is 0 Å². The van der Waals surface area contributed by atoms with Gasteiger partial charge in [0.1, 0.15) is 0 Å². The van der Waals surface area contributed by atoms with Crippen molar-refractivity contribution in [2.24, 2.45) is 0 Å². The monoisotopic (exact) mass is 263 g/mol. The van der Waals surface area contributed by atoms with Gasteiger partial charge in [0.25, 0.3) is 0 Å². The van der Waals surface area contributed by atoms with Crippen LogP contribution in [0.5, 0.6) is 0 Å². The van der Waals surface area contributed by atoms with Crippen LogP contribution in [0, 0.1) is 0 Å². The van der Waals surface area contributed by atoms with Gasteiger partial charge in [-0.1, -0.05) is 0 Å². The van der Waals surface area contributed by atoms with E-state index in [9.17, 15) is 4.79 Å². The maximum atomic E-state index is 11.3. The number of ether oxygens (including phenoxy) is 1. The lowest BCUT2D eigenvalue weighted by Crippen LogP contribution is -2.43. The third-order valence-corrected chi connectivity index (χ3v) is 3.55. The Balaban J connectivity index is 1.94. The number of hydrogen-bond donors (Lipinski definition) is 1. The second kappa shape index (κ2) is 6.63. The molecule has 1 aromatic heterocycles. The molecule has 5 heteroatoms. The van der Waals surface area contributed by atoms with Crippen molar-refractivity contribution < 1.29 is 9.53 Å². The summed E-state index contributed by atoms with van der Waals surface area (Å²) in [5.74, 6) is -0.340. The molecule has 2 rings (SSSR count). The van der Waals surface area contributed by atoms with Gasteiger partial charge >= 0.3 is 5.97 Å². The lowest BCUT2D eigenvalue weighted by molar-refractivity contribution is 0.0600. The van der Waals surface area contributed by atoms with Crippen molar-refractivity contribution in [1.82, 2.24) is 15.2 Å². The van der Waals surface area contributed by atoms with Gasteiger partial charge in [-0.25, -0.2) is 4.79 Å². The van der Waals surface area contributed by atoms with Crippen LogP contribution < -0.4 is 5.32 Å². The second-order valence-corrected chi connectivity index (χ2v) is 4.89. The van der Waals surface area contributed by atoms with Crippen molar-refractivity contribution in [1.29, 1.82) is 0 Å². The van der Waals surface area contributed by atoms with Crippen LogP contribution in [0.3, 0.4) is 0 Å². The number of carbonyl (C=O) groups excluding carboxylic acids is 1. The minimum Gasteiger partial charge on any atom is -0.465 e. The van der Waals surface area contributed by atoms with E-state index < -0.39 is 0 Å². The van der Waals surface area contributed by atoms with E-state index in [2.05, 4.69) is 19.9 Å². The van der Waals surface area contributed by atoms with Crippen molar-refractivity contribution >= 4 is 5.97 Å². The van der Waals surface area contributed by atoms with E-state index in [4.69, 9.17) is 0 Å². The molecule has 104 valence electrons. The summed E-state index contributed by atoms with van der Waals surface area (Å²) in [5, 5.41) is 3.33. The van der Waals surface area contributed by atoms with Gasteiger partial charge in [0.15, 0.2) is 0 Å². The van der Waals surface area contributed by atoms with Crippen molar-refractivity contribution in [3.8, 4) is 0 Å². The Kier molecular flexibility index (Phi) is 4.87. The van der Waals surface area contributed by atoms with Gasteiger partial charge < -0.3 is 10.1 Å². The molecule has 1 unspecified atom stereocenters. The molecule has 1 aromatic rings. The predicted molar refractivity (Wildman–Crippen MR) is 72.9 cm³/mol. The number of carbonyl (C=O) groups is 1. The summed E-state index contributed by atoms with van der Waals surface area (Å²) >= 11 is 0. The van der Waals surface area contributed by atoms with Crippen LogP contribution in [-0.2, 0) is 11.3 Å². The Morgan fingerprint density at radius 1 is 1.58 bits per heavy atom. The molecule has 19 heavy (non-hydrogen) atoms. The van der Waals surface area contributed by atoms with Gasteiger partial charge in [-0.3, -0.25) is 9.88 Å². The highest BCUT2D eigenvalue weighted by Crippen LogP contribution is 2.13. The van der Waals surface area contributed by atoms with Gasteiger partial charge in [-0.05, 0) is 38.6 Å². The fourth-order valence-corrected chi connectivity index (χ4v) is 2.42. The quantitative estimate of drug-likeness (QED) is 0.823. The number of methoxy groups -OCH3 is 1. The summed E-state index contributed by atoms with van der Waals surface area (Å²) in [6, 6.07) is 4.24. The third-order valence-electron chi connectivity index (χ3n) is 3.55. The zero-order valence-electron chi connectivity index (χ0n) is 11.6. The van der Waals surface area contributed by atoms with Crippen LogP contribution in [-0.4, -0.2) is 49.1 Å². The summed E-state index contributed by atoms with van der Waals surface area (Å²) in [7, 11) is 3.39. The summed E-state index contributed by atoms with van der Waals surface area (Å²) < 4.78 is 4.66. The van der Waals surface area contributed by atoms with E-state index in [0.29, 0.717) is 11.6 Å². The highest BCUT2D eigenvalue weighted by Gasteiger charge is 2.18. The first-order valence-corrected chi connectivity index (χ1v) is 6.66. The third kappa shape index (κ3) is 3.75. The molecule has 1 saturated heterocycles. The number of pyridine rings is 1. The minimum absolute atomic E-state index is 0.340. The van der Waals surface area contributed by atoms with Crippen LogP contribution in [0.2, 0.25) is 0 Å². The van der Waals surface area contributed by atoms with E-state index >= 15 is 0 Å². The number of hydrogen-bond acceptors (Lipinski definition) is 5. The van der Waals surface area contributed by atoms with E-state index in [0.717, 1.165) is 25.3 Å². The molecule has 0 aromatic carbocycles. The molecule has 0 radical (unpaired) electrons. The number of likely N-dealkylation sites (tertiary alicyclic amines) is 1. The van der Waals surface area contributed by atoms with E-state index in [1.165, 1.54) is 20.0 Å². The van der Waals surface area contributed by atoms with E-state index in [1.807, 2.05) is 13.1 Å². The summed E-state index contributed by atoms with van der Waals surface area (Å²) in [4.78, 5) is 18.0. The zero-order valence-corrected chi connectivity index (χ0v) is 11.6. The average Bonchev–Trinajstić information content (AvgIpc) is 2.47. The SMILES string of the molecule is CNC1CCCN(Cc2ccc(C(=O)OC)cn2)C1. The van der Waals surface area contributed by atoms with Crippen LogP contribution in [0.25, 0.3) is 0 Å². The topological polar surface area (TPSA) is 54.5 Å². The van der Waals surface area contributed by atoms with E-state index in [-0.39, 0.29) is 5.97 Å². The molecule has 1 aliphatic rings.